The minimum atomic E-state index is -0.301. The summed E-state index contributed by atoms with van der Waals surface area (Å²) in [5.41, 5.74) is 0.549. The highest BCUT2D eigenvalue weighted by Gasteiger charge is 2.29. The molecule has 156 valence electrons. The minimum absolute atomic E-state index is 0.00977. The summed E-state index contributed by atoms with van der Waals surface area (Å²) >= 11 is 13.7. The zero-order valence-electron chi connectivity index (χ0n) is 16.3. The van der Waals surface area contributed by atoms with Crippen LogP contribution >= 0.6 is 34.5 Å². The Balaban J connectivity index is 1.42. The smallest absolute Gasteiger partial charge is 0.241 e. The van der Waals surface area contributed by atoms with Crippen molar-refractivity contribution in [2.24, 2.45) is 5.92 Å². The number of benzene rings is 1. The van der Waals surface area contributed by atoms with Gasteiger partial charge >= 0.3 is 0 Å². The van der Waals surface area contributed by atoms with E-state index in [1.807, 2.05) is 18.4 Å². The molecule has 1 aliphatic heterocycles. The first-order valence-electron chi connectivity index (χ1n) is 9.74. The van der Waals surface area contributed by atoms with Gasteiger partial charge in [-0.2, -0.15) is 0 Å². The molecule has 1 aromatic heterocycles. The number of halogens is 2. The molecule has 29 heavy (non-hydrogen) atoms. The number of nitrogens with one attached hydrogen (secondary N) is 2. The molecule has 1 unspecified atom stereocenters. The average Bonchev–Trinajstić information content (AvgIpc) is 3.23. The van der Waals surface area contributed by atoms with Crippen molar-refractivity contribution in [3.63, 3.8) is 0 Å². The van der Waals surface area contributed by atoms with E-state index in [0.29, 0.717) is 35.4 Å². The number of piperidine rings is 1. The highest BCUT2D eigenvalue weighted by Crippen LogP contribution is 2.26. The van der Waals surface area contributed by atoms with Gasteiger partial charge in [0.05, 0.1) is 16.8 Å². The molecule has 2 N–H and O–H groups in total. The highest BCUT2D eigenvalue weighted by molar-refractivity contribution is 7.09. The fourth-order valence-corrected chi connectivity index (χ4v) is 4.62. The molecule has 1 atom stereocenters. The molecule has 0 aliphatic carbocycles. The predicted molar refractivity (Wildman–Crippen MR) is 120 cm³/mol. The number of anilines is 1. The first-order valence-corrected chi connectivity index (χ1v) is 11.4. The van der Waals surface area contributed by atoms with Crippen molar-refractivity contribution in [1.29, 1.82) is 0 Å². The number of carbonyl (C=O) groups excluding carboxylic acids is 2. The van der Waals surface area contributed by atoms with Crippen LogP contribution in [0.3, 0.4) is 0 Å². The summed E-state index contributed by atoms with van der Waals surface area (Å²) in [4.78, 5) is 28.4. The van der Waals surface area contributed by atoms with Gasteiger partial charge in [0.2, 0.25) is 11.8 Å². The van der Waals surface area contributed by atoms with Crippen LogP contribution in [0.5, 0.6) is 0 Å². The Labute approximate surface area is 185 Å². The number of likely N-dealkylation sites (tertiary alicyclic amines) is 1. The van der Waals surface area contributed by atoms with Gasteiger partial charge in [0.1, 0.15) is 0 Å². The summed E-state index contributed by atoms with van der Waals surface area (Å²) in [6.07, 6.45) is 2.38. The number of hydrogen-bond donors (Lipinski definition) is 2. The first kappa shape index (κ1) is 22.1. The quantitative estimate of drug-likeness (QED) is 0.650. The van der Waals surface area contributed by atoms with Crippen molar-refractivity contribution >= 4 is 52.0 Å². The van der Waals surface area contributed by atoms with Crippen molar-refractivity contribution in [1.82, 2.24) is 10.2 Å². The average molecular weight is 454 g/mol. The molecule has 2 heterocycles. The van der Waals surface area contributed by atoms with E-state index in [-0.39, 0.29) is 23.8 Å². The summed E-state index contributed by atoms with van der Waals surface area (Å²) in [5.74, 6) is 0.00915. The molecule has 1 fully saturated rings. The molecule has 8 heteroatoms. The molecule has 5 nitrogen and oxygen atoms in total. The molecule has 3 rings (SSSR count). The van der Waals surface area contributed by atoms with E-state index in [2.05, 4.69) is 21.6 Å². The summed E-state index contributed by atoms with van der Waals surface area (Å²) < 4.78 is 0. The Kier molecular flexibility index (Phi) is 7.95. The number of thiophene rings is 1. The van der Waals surface area contributed by atoms with Crippen LogP contribution in [0.15, 0.2) is 35.7 Å². The molecule has 0 bridgehead atoms. The maximum atomic E-state index is 12.6. The van der Waals surface area contributed by atoms with Crippen LogP contribution in [0.4, 0.5) is 5.69 Å². The van der Waals surface area contributed by atoms with Crippen molar-refractivity contribution < 1.29 is 9.59 Å². The molecular weight excluding hydrogens is 429 g/mol. The van der Waals surface area contributed by atoms with E-state index < -0.39 is 0 Å². The van der Waals surface area contributed by atoms with E-state index in [0.717, 1.165) is 19.3 Å². The standard InChI is InChI=1S/C21H25Cl2N3O2S/c1-14(20(27)25-19-5-4-16(22)13-18(19)23)26-10-7-15(8-11-26)21(28)24-9-6-17-3-2-12-29-17/h2-5,12-15H,6-11H2,1H3,(H,24,28)(H,25,27). The zero-order chi connectivity index (χ0) is 20.8. The zero-order valence-corrected chi connectivity index (χ0v) is 18.6. The number of carbonyl (C=O) groups is 2. The number of nitrogens with zero attached hydrogens (tertiary/aromatic N) is 1. The van der Waals surface area contributed by atoms with E-state index in [1.54, 1.807) is 29.5 Å². The largest absolute Gasteiger partial charge is 0.355 e. The second-order valence-electron chi connectivity index (χ2n) is 7.22. The van der Waals surface area contributed by atoms with Gasteiger partial charge in [-0.1, -0.05) is 29.3 Å². The fraction of sp³-hybridized carbons (Fsp3) is 0.429. The van der Waals surface area contributed by atoms with Gasteiger partial charge in [-0.05, 0) is 68.9 Å². The minimum Gasteiger partial charge on any atom is -0.355 e. The lowest BCUT2D eigenvalue weighted by molar-refractivity contribution is -0.127. The van der Waals surface area contributed by atoms with Crippen LogP contribution < -0.4 is 10.6 Å². The molecule has 1 aliphatic rings. The van der Waals surface area contributed by atoms with E-state index in [1.165, 1.54) is 4.88 Å². The molecule has 2 amide bonds. The monoisotopic (exact) mass is 453 g/mol. The fourth-order valence-electron chi connectivity index (χ4n) is 3.45. The van der Waals surface area contributed by atoms with Gasteiger partial charge in [-0.25, -0.2) is 0 Å². The maximum Gasteiger partial charge on any atom is 0.241 e. The van der Waals surface area contributed by atoms with Gasteiger partial charge in [-0.3, -0.25) is 14.5 Å². The van der Waals surface area contributed by atoms with Crippen molar-refractivity contribution in [3.8, 4) is 0 Å². The third kappa shape index (κ3) is 6.19. The lowest BCUT2D eigenvalue weighted by Gasteiger charge is -2.34. The van der Waals surface area contributed by atoms with Crippen LogP contribution in [0.1, 0.15) is 24.6 Å². The van der Waals surface area contributed by atoms with Gasteiger partial charge in [0, 0.05) is 22.4 Å². The Bertz CT molecular complexity index is 836. The number of rotatable bonds is 7. The normalized spacial score (nSPS) is 16.4. The van der Waals surface area contributed by atoms with Crippen molar-refractivity contribution in [2.75, 3.05) is 25.0 Å². The topological polar surface area (TPSA) is 61.4 Å². The van der Waals surface area contributed by atoms with Crippen LogP contribution in [0.2, 0.25) is 10.0 Å². The van der Waals surface area contributed by atoms with Crippen LogP contribution in [0, 0.1) is 5.92 Å². The molecular formula is C21H25Cl2N3O2S. The molecule has 0 saturated carbocycles. The van der Waals surface area contributed by atoms with Gasteiger partial charge in [0.25, 0.3) is 0 Å². The molecule has 1 aromatic carbocycles. The number of amides is 2. The van der Waals surface area contributed by atoms with Crippen LogP contribution in [0.25, 0.3) is 0 Å². The first-order chi connectivity index (χ1) is 13.9. The van der Waals surface area contributed by atoms with E-state index >= 15 is 0 Å². The second-order valence-corrected chi connectivity index (χ2v) is 9.10. The lowest BCUT2D eigenvalue weighted by Crippen LogP contribution is -2.48. The molecule has 1 saturated heterocycles. The third-order valence-corrected chi connectivity index (χ3v) is 6.75. The van der Waals surface area contributed by atoms with Crippen LogP contribution in [-0.4, -0.2) is 42.4 Å². The Morgan fingerprint density at radius 3 is 2.66 bits per heavy atom. The maximum absolute atomic E-state index is 12.6. The Morgan fingerprint density at radius 2 is 2.00 bits per heavy atom. The van der Waals surface area contributed by atoms with Crippen LogP contribution in [-0.2, 0) is 16.0 Å². The van der Waals surface area contributed by atoms with Crippen molar-refractivity contribution in [3.05, 3.63) is 50.6 Å². The summed E-state index contributed by atoms with van der Waals surface area (Å²) in [5, 5.41) is 8.89. The number of hydrogen-bond acceptors (Lipinski definition) is 4. The summed E-state index contributed by atoms with van der Waals surface area (Å²) in [7, 11) is 0. The SMILES string of the molecule is CC(C(=O)Nc1ccc(Cl)cc1Cl)N1CCC(C(=O)NCCc2cccs2)CC1. The second kappa shape index (κ2) is 10.4. The van der Waals surface area contributed by atoms with Gasteiger partial charge in [-0.15, -0.1) is 11.3 Å². The lowest BCUT2D eigenvalue weighted by atomic mass is 9.95. The van der Waals surface area contributed by atoms with E-state index in [9.17, 15) is 9.59 Å². The summed E-state index contributed by atoms with van der Waals surface area (Å²) in [6.45, 7) is 3.97. The van der Waals surface area contributed by atoms with E-state index in [4.69, 9.17) is 23.2 Å². The molecule has 2 aromatic rings. The van der Waals surface area contributed by atoms with Gasteiger partial charge in [0.15, 0.2) is 0 Å². The molecule has 0 spiro atoms. The highest BCUT2D eigenvalue weighted by atomic mass is 35.5. The third-order valence-electron chi connectivity index (χ3n) is 5.27. The Morgan fingerprint density at radius 1 is 1.24 bits per heavy atom. The van der Waals surface area contributed by atoms with Crippen molar-refractivity contribution in [2.45, 2.75) is 32.2 Å². The van der Waals surface area contributed by atoms with Gasteiger partial charge < -0.3 is 10.6 Å². The Hall–Kier alpha value is -1.60. The predicted octanol–water partition coefficient (Wildman–Crippen LogP) is 4.45. The molecule has 0 radical (unpaired) electrons. The summed E-state index contributed by atoms with van der Waals surface area (Å²) in [6, 6.07) is 8.79.